The molecule has 0 fully saturated rings. The van der Waals surface area contributed by atoms with E-state index in [1.807, 2.05) is 60.7 Å². The van der Waals surface area contributed by atoms with E-state index in [0.717, 1.165) is 11.4 Å². The van der Waals surface area contributed by atoms with Gasteiger partial charge in [0.15, 0.2) is 5.60 Å². The van der Waals surface area contributed by atoms with Gasteiger partial charge in [0.05, 0.1) is 11.4 Å². The number of para-hydroxylation sites is 2. The molecule has 0 unspecified atom stereocenters. The second-order valence-corrected chi connectivity index (χ2v) is 8.04. The minimum absolute atomic E-state index is 0.378. The number of hydrazine groups is 1. The van der Waals surface area contributed by atoms with Crippen LogP contribution in [0.25, 0.3) is 0 Å². The lowest BCUT2D eigenvalue weighted by Gasteiger charge is -2.33. The highest BCUT2D eigenvalue weighted by molar-refractivity contribution is 6.30. The molecule has 0 bridgehead atoms. The zero-order valence-corrected chi connectivity index (χ0v) is 18.5. The fraction of sp³-hybridized carbons (Fsp3) is 0.0385. The zero-order chi connectivity index (χ0) is 22.6. The minimum Gasteiger partial charge on any atom is -0.372 e. The highest BCUT2D eigenvalue weighted by Gasteiger charge is 2.41. The first-order valence-corrected chi connectivity index (χ1v) is 10.7. The molecule has 2 N–H and O–H groups in total. The van der Waals surface area contributed by atoms with Crippen molar-refractivity contribution >= 4 is 40.5 Å². The number of nitrogens with zero attached hydrogens (tertiary/aromatic N) is 1. The second-order valence-electron chi connectivity index (χ2n) is 7.17. The monoisotopic (exact) mass is 462 g/mol. The molecule has 4 rings (SSSR count). The third kappa shape index (κ3) is 4.48. The van der Waals surface area contributed by atoms with Gasteiger partial charge in [-0.1, -0.05) is 83.9 Å². The highest BCUT2D eigenvalue weighted by Crippen LogP contribution is 2.33. The number of nitrogens with one attached hydrogen (secondary N) is 1. The standard InChI is InChI=1S/C26H20Cl2N2O2/c27-21-15-11-19(12-16-21)26(32,20-13-17-22(28)18-14-20)25(31)29-30(23-7-3-1-4-8-23)24-9-5-2-6-10-24/h1-18,32H,(H,29,31). The molecule has 0 spiro atoms. The molecule has 0 aliphatic heterocycles. The molecule has 0 aliphatic rings. The lowest BCUT2D eigenvalue weighted by molar-refractivity contribution is -0.136. The number of amides is 1. The fourth-order valence-corrected chi connectivity index (χ4v) is 3.68. The van der Waals surface area contributed by atoms with Crippen molar-refractivity contribution in [2.45, 2.75) is 5.60 Å². The van der Waals surface area contributed by atoms with Crippen molar-refractivity contribution in [1.82, 2.24) is 5.43 Å². The Hall–Kier alpha value is -3.31. The third-order valence-corrected chi connectivity index (χ3v) is 5.60. The van der Waals surface area contributed by atoms with Crippen LogP contribution in [0.3, 0.4) is 0 Å². The summed E-state index contributed by atoms with van der Waals surface area (Å²) in [6.07, 6.45) is 0. The predicted molar refractivity (Wildman–Crippen MR) is 129 cm³/mol. The molecule has 0 saturated heterocycles. The topological polar surface area (TPSA) is 52.6 Å². The molecule has 0 heterocycles. The Morgan fingerprint density at radius 3 is 1.41 bits per heavy atom. The van der Waals surface area contributed by atoms with Crippen molar-refractivity contribution in [1.29, 1.82) is 0 Å². The average molecular weight is 463 g/mol. The molecule has 6 heteroatoms. The normalized spacial score (nSPS) is 11.1. The zero-order valence-electron chi connectivity index (χ0n) is 17.0. The average Bonchev–Trinajstić information content (AvgIpc) is 2.84. The number of hydrogen-bond acceptors (Lipinski definition) is 3. The Morgan fingerprint density at radius 2 is 1.03 bits per heavy atom. The molecular formula is C26H20Cl2N2O2. The van der Waals surface area contributed by atoms with E-state index < -0.39 is 11.5 Å². The molecule has 0 saturated carbocycles. The van der Waals surface area contributed by atoms with E-state index in [1.54, 1.807) is 53.5 Å². The number of carbonyl (C=O) groups is 1. The van der Waals surface area contributed by atoms with Gasteiger partial charge in [-0.25, -0.2) is 0 Å². The summed E-state index contributed by atoms with van der Waals surface area (Å²) in [5.41, 5.74) is 3.14. The van der Waals surface area contributed by atoms with Crippen LogP contribution < -0.4 is 10.4 Å². The summed E-state index contributed by atoms with van der Waals surface area (Å²) >= 11 is 12.1. The Bertz CT molecular complexity index is 1100. The number of carbonyl (C=O) groups excluding carboxylic acids is 1. The molecule has 0 aromatic heterocycles. The van der Waals surface area contributed by atoms with E-state index in [4.69, 9.17) is 23.2 Å². The van der Waals surface area contributed by atoms with Crippen molar-refractivity contribution in [3.05, 3.63) is 130 Å². The number of halogens is 2. The van der Waals surface area contributed by atoms with Crippen LogP contribution in [0.4, 0.5) is 11.4 Å². The molecule has 0 atom stereocenters. The molecular weight excluding hydrogens is 443 g/mol. The summed E-state index contributed by atoms with van der Waals surface area (Å²) in [6, 6.07) is 31.9. The van der Waals surface area contributed by atoms with Gasteiger partial charge >= 0.3 is 0 Å². The summed E-state index contributed by atoms with van der Waals surface area (Å²) < 4.78 is 0. The smallest absolute Gasteiger partial charge is 0.280 e. The van der Waals surface area contributed by atoms with Crippen LogP contribution in [-0.4, -0.2) is 11.0 Å². The van der Waals surface area contributed by atoms with Gasteiger partial charge in [0.1, 0.15) is 0 Å². The molecule has 4 aromatic rings. The van der Waals surface area contributed by atoms with Crippen LogP contribution in [0.1, 0.15) is 11.1 Å². The molecule has 0 radical (unpaired) electrons. The lowest BCUT2D eigenvalue weighted by Crippen LogP contribution is -2.51. The summed E-state index contributed by atoms with van der Waals surface area (Å²) in [4.78, 5) is 13.7. The van der Waals surface area contributed by atoms with Crippen molar-refractivity contribution in [2.75, 3.05) is 5.01 Å². The van der Waals surface area contributed by atoms with Gasteiger partial charge in [-0.15, -0.1) is 0 Å². The maximum absolute atomic E-state index is 13.7. The van der Waals surface area contributed by atoms with Gasteiger partial charge in [-0.2, -0.15) is 0 Å². The maximum Gasteiger partial charge on any atom is 0.280 e. The molecule has 32 heavy (non-hydrogen) atoms. The van der Waals surface area contributed by atoms with Gasteiger partial charge in [-0.05, 0) is 59.7 Å². The van der Waals surface area contributed by atoms with Gasteiger partial charge in [0, 0.05) is 10.0 Å². The summed E-state index contributed by atoms with van der Waals surface area (Å²) in [7, 11) is 0. The van der Waals surface area contributed by atoms with E-state index >= 15 is 0 Å². The molecule has 160 valence electrons. The second kappa shape index (κ2) is 9.45. The predicted octanol–water partition coefficient (Wildman–Crippen LogP) is 6.10. The molecule has 4 nitrogen and oxygen atoms in total. The van der Waals surface area contributed by atoms with Gasteiger partial charge in [0.2, 0.25) is 0 Å². The fourth-order valence-electron chi connectivity index (χ4n) is 3.43. The summed E-state index contributed by atoms with van der Waals surface area (Å²) in [5.74, 6) is -0.630. The Morgan fingerprint density at radius 1 is 0.656 bits per heavy atom. The highest BCUT2D eigenvalue weighted by atomic mass is 35.5. The van der Waals surface area contributed by atoms with Crippen molar-refractivity contribution in [3.63, 3.8) is 0 Å². The van der Waals surface area contributed by atoms with Crippen molar-refractivity contribution in [2.24, 2.45) is 0 Å². The van der Waals surface area contributed by atoms with E-state index in [-0.39, 0.29) is 0 Å². The van der Waals surface area contributed by atoms with Gasteiger partial charge in [-0.3, -0.25) is 15.2 Å². The molecule has 0 aliphatic carbocycles. The maximum atomic E-state index is 13.7. The SMILES string of the molecule is O=C(NN(c1ccccc1)c1ccccc1)C(O)(c1ccc(Cl)cc1)c1ccc(Cl)cc1. The number of aliphatic hydroxyl groups is 1. The Labute approximate surface area is 196 Å². The van der Waals surface area contributed by atoms with Crippen LogP contribution in [0, 0.1) is 0 Å². The van der Waals surface area contributed by atoms with E-state index in [1.165, 1.54) is 0 Å². The van der Waals surface area contributed by atoms with Gasteiger partial charge < -0.3 is 5.11 Å². The first-order chi connectivity index (χ1) is 15.5. The first kappa shape index (κ1) is 21.9. The third-order valence-electron chi connectivity index (χ3n) is 5.09. The number of rotatable bonds is 6. The van der Waals surface area contributed by atoms with Crippen LogP contribution in [0.2, 0.25) is 10.0 Å². The number of benzene rings is 4. The minimum atomic E-state index is -1.99. The van der Waals surface area contributed by atoms with Crippen LogP contribution in [-0.2, 0) is 10.4 Å². The summed E-state index contributed by atoms with van der Waals surface area (Å²) in [5, 5.41) is 14.5. The Kier molecular flexibility index (Phi) is 6.47. The quantitative estimate of drug-likeness (QED) is 0.340. The Balaban J connectivity index is 1.79. The molecule has 1 amide bonds. The van der Waals surface area contributed by atoms with Crippen LogP contribution in [0.5, 0.6) is 0 Å². The van der Waals surface area contributed by atoms with E-state index in [2.05, 4.69) is 5.43 Å². The van der Waals surface area contributed by atoms with Crippen LogP contribution in [0.15, 0.2) is 109 Å². The lowest BCUT2D eigenvalue weighted by atomic mass is 9.85. The summed E-state index contributed by atoms with van der Waals surface area (Å²) in [6.45, 7) is 0. The van der Waals surface area contributed by atoms with Crippen molar-refractivity contribution < 1.29 is 9.90 Å². The largest absolute Gasteiger partial charge is 0.372 e. The first-order valence-electron chi connectivity index (χ1n) is 9.94. The molecule has 4 aromatic carbocycles. The van der Waals surface area contributed by atoms with Gasteiger partial charge in [0.25, 0.3) is 5.91 Å². The van der Waals surface area contributed by atoms with Crippen LogP contribution >= 0.6 is 23.2 Å². The number of hydrogen-bond donors (Lipinski definition) is 2. The van der Waals surface area contributed by atoms with Crippen molar-refractivity contribution in [3.8, 4) is 0 Å². The number of anilines is 2. The van der Waals surface area contributed by atoms with E-state index in [0.29, 0.717) is 21.2 Å². The van der Waals surface area contributed by atoms with E-state index in [9.17, 15) is 9.90 Å².